The van der Waals surface area contributed by atoms with Crippen LogP contribution in [0, 0.1) is 5.82 Å². The van der Waals surface area contributed by atoms with Crippen LogP contribution in [0.3, 0.4) is 0 Å². The number of halogens is 2. The summed E-state index contributed by atoms with van der Waals surface area (Å²) in [6.07, 6.45) is 1.60. The Hall–Kier alpha value is -1.14. The average molecular weight is 304 g/mol. The van der Waals surface area contributed by atoms with Crippen LogP contribution in [0.4, 0.5) is 4.39 Å². The molecule has 0 radical (unpaired) electrons. The molecule has 0 saturated heterocycles. The van der Waals surface area contributed by atoms with E-state index in [0.29, 0.717) is 10.9 Å². The Balaban J connectivity index is 2.21. The van der Waals surface area contributed by atoms with Crippen molar-refractivity contribution in [2.24, 2.45) is 0 Å². The Morgan fingerprint density at radius 3 is 2.81 bits per heavy atom. The highest BCUT2D eigenvalue weighted by Gasteiger charge is 2.08. The lowest BCUT2D eigenvalue weighted by Gasteiger charge is -2.04. The van der Waals surface area contributed by atoms with Gasteiger partial charge in [0.25, 0.3) is 5.19 Å². The van der Waals surface area contributed by atoms with Gasteiger partial charge in [-0.05, 0) is 28.1 Å². The summed E-state index contributed by atoms with van der Waals surface area (Å²) in [7, 11) is 1.48. The Morgan fingerprint density at radius 1 is 1.44 bits per heavy atom. The molecule has 6 heteroatoms. The van der Waals surface area contributed by atoms with Crippen LogP contribution in [0.2, 0.25) is 0 Å². The molecule has 0 aliphatic rings. The van der Waals surface area contributed by atoms with Crippen LogP contribution in [0.25, 0.3) is 0 Å². The third kappa shape index (κ3) is 2.51. The maximum atomic E-state index is 13.5. The monoisotopic (exact) mass is 303 g/mol. The number of ether oxygens (including phenoxy) is 2. The molecule has 2 aromatic rings. The average Bonchev–Trinajstić information content (AvgIpc) is 2.67. The number of hydrogen-bond donors (Lipinski definition) is 0. The van der Waals surface area contributed by atoms with Gasteiger partial charge in [-0.1, -0.05) is 11.3 Å². The molecule has 1 aromatic carbocycles. The lowest BCUT2D eigenvalue weighted by molar-refractivity contribution is 0.402. The van der Waals surface area contributed by atoms with Gasteiger partial charge in [-0.25, -0.2) is 9.37 Å². The normalized spacial score (nSPS) is 10.2. The zero-order valence-electron chi connectivity index (χ0n) is 8.24. The van der Waals surface area contributed by atoms with E-state index < -0.39 is 5.82 Å². The lowest BCUT2D eigenvalue weighted by atomic mass is 10.3. The second-order valence-electron chi connectivity index (χ2n) is 2.83. The van der Waals surface area contributed by atoms with Crippen LogP contribution in [0.15, 0.2) is 28.2 Å². The molecule has 0 N–H and O–H groups in total. The molecule has 0 fully saturated rings. The first-order valence-electron chi connectivity index (χ1n) is 4.32. The third-order valence-corrected chi connectivity index (χ3v) is 3.15. The van der Waals surface area contributed by atoms with E-state index >= 15 is 0 Å². The molecule has 0 aliphatic heterocycles. The molecule has 1 aromatic heterocycles. The number of thiazole rings is 1. The van der Waals surface area contributed by atoms with Crippen LogP contribution < -0.4 is 9.47 Å². The molecule has 0 aliphatic carbocycles. The molecular weight excluding hydrogens is 297 g/mol. The van der Waals surface area contributed by atoms with E-state index in [9.17, 15) is 4.39 Å². The summed E-state index contributed by atoms with van der Waals surface area (Å²) in [4.78, 5) is 3.95. The Kier molecular flexibility index (Phi) is 3.40. The van der Waals surface area contributed by atoms with Gasteiger partial charge in [-0.2, -0.15) is 0 Å². The van der Waals surface area contributed by atoms with Crippen molar-refractivity contribution in [1.29, 1.82) is 0 Å². The number of methoxy groups -OCH3 is 1. The van der Waals surface area contributed by atoms with Gasteiger partial charge in [-0.3, -0.25) is 0 Å². The molecule has 0 unspecified atom stereocenters. The molecule has 0 spiro atoms. The number of aromatic nitrogens is 1. The van der Waals surface area contributed by atoms with Crippen LogP contribution in [-0.4, -0.2) is 12.1 Å². The first-order chi connectivity index (χ1) is 7.69. The molecule has 84 valence electrons. The fraction of sp³-hybridized carbons (Fsp3) is 0.100. The first kappa shape index (κ1) is 11.3. The van der Waals surface area contributed by atoms with E-state index in [1.54, 1.807) is 12.3 Å². The van der Waals surface area contributed by atoms with Gasteiger partial charge >= 0.3 is 0 Å². The second-order valence-corrected chi connectivity index (χ2v) is 5.20. The smallest absolute Gasteiger partial charge is 0.279 e. The fourth-order valence-corrected chi connectivity index (χ4v) is 2.10. The summed E-state index contributed by atoms with van der Waals surface area (Å²) in [5, 5.41) is 0.385. The highest BCUT2D eigenvalue weighted by molar-refractivity contribution is 9.11. The molecule has 0 saturated carbocycles. The van der Waals surface area contributed by atoms with E-state index in [0.717, 1.165) is 3.79 Å². The number of hydrogen-bond acceptors (Lipinski definition) is 4. The zero-order chi connectivity index (χ0) is 11.5. The molecular formula is C10H7BrFNO2S. The van der Waals surface area contributed by atoms with Crippen molar-refractivity contribution in [2.45, 2.75) is 0 Å². The minimum atomic E-state index is -0.481. The van der Waals surface area contributed by atoms with Gasteiger partial charge in [0.15, 0.2) is 11.6 Å². The molecule has 0 bridgehead atoms. The van der Waals surface area contributed by atoms with Crippen LogP contribution in [0.5, 0.6) is 16.7 Å². The molecule has 2 rings (SSSR count). The molecule has 3 nitrogen and oxygen atoms in total. The largest absolute Gasteiger partial charge is 0.497 e. The second kappa shape index (κ2) is 4.80. The summed E-state index contributed by atoms with van der Waals surface area (Å²) in [6, 6.07) is 4.39. The van der Waals surface area contributed by atoms with Crippen molar-refractivity contribution in [2.75, 3.05) is 7.11 Å². The maximum Gasteiger partial charge on any atom is 0.279 e. The summed E-state index contributed by atoms with van der Waals surface area (Å²) < 4.78 is 24.5. The van der Waals surface area contributed by atoms with Crippen molar-refractivity contribution in [1.82, 2.24) is 4.98 Å². The van der Waals surface area contributed by atoms with E-state index in [4.69, 9.17) is 9.47 Å². The molecule has 0 amide bonds. The van der Waals surface area contributed by atoms with Gasteiger partial charge in [0.2, 0.25) is 0 Å². The van der Waals surface area contributed by atoms with Crippen LogP contribution in [-0.2, 0) is 0 Å². The Bertz CT molecular complexity index is 503. The minimum absolute atomic E-state index is 0.127. The first-order valence-corrected chi connectivity index (χ1v) is 5.92. The van der Waals surface area contributed by atoms with E-state index in [-0.39, 0.29) is 5.75 Å². The minimum Gasteiger partial charge on any atom is -0.497 e. The SMILES string of the molecule is COc1ccc(Oc2ncc(Br)s2)c(F)c1. The van der Waals surface area contributed by atoms with Gasteiger partial charge in [0, 0.05) is 6.07 Å². The highest BCUT2D eigenvalue weighted by atomic mass is 79.9. The standard InChI is InChI=1S/C10H7BrFNO2S/c1-14-6-2-3-8(7(12)4-6)15-10-13-5-9(11)16-10/h2-5H,1H3. The van der Waals surface area contributed by atoms with Gasteiger partial charge in [0.1, 0.15) is 5.75 Å². The predicted molar refractivity (Wildman–Crippen MR) is 62.8 cm³/mol. The van der Waals surface area contributed by atoms with Gasteiger partial charge in [0.05, 0.1) is 17.1 Å². The number of rotatable bonds is 3. The predicted octanol–water partition coefficient (Wildman–Crippen LogP) is 3.85. The highest BCUT2D eigenvalue weighted by Crippen LogP contribution is 2.31. The summed E-state index contributed by atoms with van der Waals surface area (Å²) in [5.74, 6) is 0.0958. The van der Waals surface area contributed by atoms with Crippen molar-refractivity contribution < 1.29 is 13.9 Å². The lowest BCUT2D eigenvalue weighted by Crippen LogP contribution is -1.89. The number of benzene rings is 1. The summed E-state index contributed by atoms with van der Waals surface area (Å²) in [5.41, 5.74) is 0. The van der Waals surface area contributed by atoms with Crippen molar-refractivity contribution in [3.63, 3.8) is 0 Å². The van der Waals surface area contributed by atoms with Gasteiger partial charge < -0.3 is 9.47 Å². The summed E-state index contributed by atoms with van der Waals surface area (Å²) >= 11 is 4.54. The third-order valence-electron chi connectivity index (χ3n) is 1.79. The van der Waals surface area contributed by atoms with Crippen molar-refractivity contribution in [3.8, 4) is 16.7 Å². The Morgan fingerprint density at radius 2 is 2.25 bits per heavy atom. The summed E-state index contributed by atoms with van der Waals surface area (Å²) in [6.45, 7) is 0. The maximum absolute atomic E-state index is 13.5. The van der Waals surface area contributed by atoms with Crippen LogP contribution in [0.1, 0.15) is 0 Å². The molecule has 0 atom stereocenters. The molecule has 1 heterocycles. The number of nitrogens with zero attached hydrogens (tertiary/aromatic N) is 1. The topological polar surface area (TPSA) is 31.4 Å². The Labute approximate surface area is 104 Å². The molecule has 16 heavy (non-hydrogen) atoms. The van der Waals surface area contributed by atoms with Gasteiger partial charge in [-0.15, -0.1) is 0 Å². The van der Waals surface area contributed by atoms with Crippen LogP contribution >= 0.6 is 27.3 Å². The van der Waals surface area contributed by atoms with Crippen molar-refractivity contribution in [3.05, 3.63) is 34.0 Å². The van der Waals surface area contributed by atoms with E-state index in [1.807, 2.05) is 0 Å². The quantitative estimate of drug-likeness (QED) is 0.863. The van der Waals surface area contributed by atoms with Crippen molar-refractivity contribution >= 4 is 27.3 Å². The zero-order valence-corrected chi connectivity index (χ0v) is 10.6. The van der Waals surface area contributed by atoms with E-state index in [2.05, 4.69) is 20.9 Å². The van der Waals surface area contributed by atoms with E-state index in [1.165, 1.54) is 30.6 Å². The fourth-order valence-electron chi connectivity index (χ4n) is 1.07.